The summed E-state index contributed by atoms with van der Waals surface area (Å²) in [5, 5.41) is 27.5. The molecule has 0 fully saturated rings. The van der Waals surface area contributed by atoms with E-state index in [4.69, 9.17) is 23.2 Å². The Balaban J connectivity index is 1.82. The number of nitro benzene ring substituents is 2. The first kappa shape index (κ1) is 23.0. The monoisotopic (exact) mass is 454 g/mol. The Hall–Kier alpha value is -3.24. The van der Waals surface area contributed by atoms with Gasteiger partial charge in [-0.15, -0.1) is 0 Å². The van der Waals surface area contributed by atoms with Crippen LogP contribution in [-0.2, 0) is 0 Å². The Labute approximate surface area is 180 Å². The molecule has 0 spiro atoms. The largest absolute Gasteiger partial charge is 0.352 e. The minimum atomic E-state index is -0.671. The van der Waals surface area contributed by atoms with E-state index in [9.17, 15) is 29.8 Å². The molecule has 0 aliphatic carbocycles. The molecule has 0 aliphatic rings. The number of amides is 2. The molecule has 0 unspecified atom stereocenters. The van der Waals surface area contributed by atoms with E-state index in [1.165, 1.54) is 24.3 Å². The lowest BCUT2D eigenvalue weighted by atomic mass is 10.1. The average Bonchev–Trinajstić information content (AvgIpc) is 2.69. The minimum Gasteiger partial charge on any atom is -0.352 e. The van der Waals surface area contributed by atoms with Gasteiger partial charge in [-0.25, -0.2) is 0 Å². The maximum atomic E-state index is 12.2. The van der Waals surface area contributed by atoms with Crippen LogP contribution in [-0.4, -0.2) is 34.8 Å². The molecule has 2 N–H and O–H groups in total. The minimum absolute atomic E-state index is 0.144. The Morgan fingerprint density at radius 3 is 1.47 bits per heavy atom. The van der Waals surface area contributed by atoms with Gasteiger partial charge in [-0.3, -0.25) is 29.8 Å². The number of carbonyl (C=O) groups excluding carboxylic acids is 2. The van der Waals surface area contributed by atoms with Crippen molar-refractivity contribution in [2.45, 2.75) is 12.8 Å². The highest BCUT2D eigenvalue weighted by molar-refractivity contribution is 6.31. The normalized spacial score (nSPS) is 10.3. The quantitative estimate of drug-likeness (QED) is 0.335. The highest BCUT2D eigenvalue weighted by Gasteiger charge is 2.21. The van der Waals surface area contributed by atoms with Crippen LogP contribution in [0.25, 0.3) is 0 Å². The SMILES string of the molecule is O=C(NCCCCNC(=O)c1cc(Cl)ccc1[N+](=O)[O-])c1cc(Cl)ccc1[N+](=O)[O-]. The van der Waals surface area contributed by atoms with E-state index >= 15 is 0 Å². The van der Waals surface area contributed by atoms with E-state index in [1.807, 2.05) is 0 Å². The first-order valence-electron chi connectivity index (χ1n) is 8.65. The van der Waals surface area contributed by atoms with Gasteiger partial charge in [0.25, 0.3) is 23.2 Å². The number of carbonyl (C=O) groups is 2. The number of rotatable bonds is 9. The summed E-state index contributed by atoms with van der Waals surface area (Å²) in [6.07, 6.45) is 0.913. The van der Waals surface area contributed by atoms with Crippen molar-refractivity contribution in [3.05, 3.63) is 77.8 Å². The molecule has 12 heteroatoms. The third kappa shape index (κ3) is 6.13. The maximum Gasteiger partial charge on any atom is 0.282 e. The standard InChI is InChI=1S/C18H16Cl2N4O6/c19-11-3-5-15(23(27)28)13(9-11)17(25)21-7-1-2-8-22-18(26)14-10-12(20)4-6-16(14)24(29)30/h3-6,9-10H,1-2,7-8H2,(H,21,25)(H,22,26). The zero-order valence-electron chi connectivity index (χ0n) is 15.4. The molecule has 2 aromatic carbocycles. The van der Waals surface area contributed by atoms with Crippen LogP contribution in [0.1, 0.15) is 33.6 Å². The number of nitrogens with one attached hydrogen (secondary N) is 2. The van der Waals surface area contributed by atoms with E-state index in [1.54, 1.807) is 0 Å². The fourth-order valence-electron chi connectivity index (χ4n) is 2.54. The van der Waals surface area contributed by atoms with Crippen molar-refractivity contribution in [2.24, 2.45) is 0 Å². The topological polar surface area (TPSA) is 144 Å². The zero-order chi connectivity index (χ0) is 22.3. The van der Waals surface area contributed by atoms with Crippen LogP contribution in [0.5, 0.6) is 0 Å². The Kier molecular flexibility index (Phi) is 8.07. The van der Waals surface area contributed by atoms with Crippen molar-refractivity contribution < 1.29 is 19.4 Å². The first-order valence-corrected chi connectivity index (χ1v) is 9.40. The highest BCUT2D eigenvalue weighted by Crippen LogP contribution is 2.23. The average molecular weight is 455 g/mol. The number of unbranched alkanes of at least 4 members (excludes halogenated alkanes) is 1. The fraction of sp³-hybridized carbons (Fsp3) is 0.222. The summed E-state index contributed by atoms with van der Waals surface area (Å²) in [5.41, 5.74) is -0.998. The zero-order valence-corrected chi connectivity index (χ0v) is 16.9. The van der Waals surface area contributed by atoms with Gasteiger partial charge in [-0.05, 0) is 37.1 Å². The molecule has 0 aromatic heterocycles. The molecule has 0 heterocycles. The van der Waals surface area contributed by atoms with Crippen LogP contribution in [0.15, 0.2) is 36.4 Å². The van der Waals surface area contributed by atoms with E-state index < -0.39 is 21.7 Å². The third-order valence-corrected chi connectivity index (χ3v) is 4.44. The van der Waals surface area contributed by atoms with Crippen LogP contribution < -0.4 is 10.6 Å². The lowest BCUT2D eigenvalue weighted by Gasteiger charge is -2.08. The summed E-state index contributed by atoms with van der Waals surface area (Å²) in [6, 6.07) is 7.39. The number of nitrogens with zero attached hydrogens (tertiary/aromatic N) is 2. The van der Waals surface area contributed by atoms with E-state index in [2.05, 4.69) is 10.6 Å². The second-order valence-electron chi connectivity index (χ2n) is 6.06. The van der Waals surface area contributed by atoms with E-state index in [0.717, 1.165) is 12.1 Å². The summed E-state index contributed by atoms with van der Waals surface area (Å²) in [4.78, 5) is 45.0. The van der Waals surface area contributed by atoms with Crippen LogP contribution in [0.2, 0.25) is 10.0 Å². The molecular weight excluding hydrogens is 439 g/mol. The molecule has 0 bridgehead atoms. The number of halogens is 2. The van der Waals surface area contributed by atoms with Crippen molar-refractivity contribution in [3.63, 3.8) is 0 Å². The number of nitro groups is 2. The van der Waals surface area contributed by atoms with Crippen molar-refractivity contribution in [2.75, 3.05) is 13.1 Å². The first-order chi connectivity index (χ1) is 14.2. The molecule has 0 aliphatic heterocycles. The number of benzene rings is 2. The van der Waals surface area contributed by atoms with Gasteiger partial charge in [0.15, 0.2) is 0 Å². The van der Waals surface area contributed by atoms with Crippen molar-refractivity contribution in [1.82, 2.24) is 10.6 Å². The van der Waals surface area contributed by atoms with Crippen molar-refractivity contribution in [3.8, 4) is 0 Å². The lowest BCUT2D eigenvalue weighted by Crippen LogP contribution is -2.28. The Morgan fingerprint density at radius 2 is 1.13 bits per heavy atom. The molecule has 158 valence electrons. The van der Waals surface area contributed by atoms with E-state index in [0.29, 0.717) is 12.8 Å². The van der Waals surface area contributed by atoms with Crippen LogP contribution in [0.3, 0.4) is 0 Å². The summed E-state index contributed by atoms with van der Waals surface area (Å²) in [7, 11) is 0. The van der Waals surface area contributed by atoms with Gasteiger partial charge >= 0.3 is 0 Å². The smallest absolute Gasteiger partial charge is 0.282 e. The maximum absolute atomic E-state index is 12.2. The molecule has 0 radical (unpaired) electrons. The van der Waals surface area contributed by atoms with Crippen LogP contribution in [0, 0.1) is 20.2 Å². The molecule has 30 heavy (non-hydrogen) atoms. The van der Waals surface area contributed by atoms with Gasteiger partial charge in [-0.1, -0.05) is 23.2 Å². The molecule has 0 atom stereocenters. The van der Waals surface area contributed by atoms with Gasteiger partial charge in [-0.2, -0.15) is 0 Å². The third-order valence-electron chi connectivity index (χ3n) is 3.97. The van der Waals surface area contributed by atoms with Crippen molar-refractivity contribution in [1.29, 1.82) is 0 Å². The Bertz CT molecular complexity index is 919. The summed E-state index contributed by atoms with van der Waals surface area (Å²) in [6.45, 7) is 0.408. The molecule has 2 aromatic rings. The molecule has 10 nitrogen and oxygen atoms in total. The van der Waals surface area contributed by atoms with Crippen molar-refractivity contribution >= 4 is 46.4 Å². The van der Waals surface area contributed by atoms with Gasteiger partial charge in [0.2, 0.25) is 0 Å². The summed E-state index contributed by atoms with van der Waals surface area (Å²) >= 11 is 11.6. The Morgan fingerprint density at radius 1 is 0.767 bits per heavy atom. The fourth-order valence-corrected chi connectivity index (χ4v) is 2.89. The van der Waals surface area contributed by atoms with Gasteiger partial charge in [0, 0.05) is 35.3 Å². The molecule has 0 saturated heterocycles. The van der Waals surface area contributed by atoms with E-state index in [-0.39, 0.29) is 45.6 Å². The van der Waals surface area contributed by atoms with Gasteiger partial charge in [0.1, 0.15) is 11.1 Å². The molecule has 0 saturated carbocycles. The predicted octanol–water partition coefficient (Wildman–Crippen LogP) is 3.75. The number of hydrogen-bond acceptors (Lipinski definition) is 6. The molecular formula is C18H16Cl2N4O6. The second-order valence-corrected chi connectivity index (χ2v) is 6.93. The summed E-state index contributed by atoms with van der Waals surface area (Å²) < 4.78 is 0. The number of hydrogen-bond donors (Lipinski definition) is 2. The molecule has 2 rings (SSSR count). The van der Waals surface area contributed by atoms with Gasteiger partial charge < -0.3 is 10.6 Å². The second kappa shape index (κ2) is 10.5. The molecule has 2 amide bonds. The van der Waals surface area contributed by atoms with Crippen LogP contribution in [0.4, 0.5) is 11.4 Å². The van der Waals surface area contributed by atoms with Gasteiger partial charge in [0.05, 0.1) is 9.85 Å². The lowest BCUT2D eigenvalue weighted by molar-refractivity contribution is -0.385. The predicted molar refractivity (Wildman–Crippen MR) is 110 cm³/mol. The highest BCUT2D eigenvalue weighted by atomic mass is 35.5. The van der Waals surface area contributed by atoms with Crippen LogP contribution >= 0.6 is 23.2 Å². The summed E-state index contributed by atoms with van der Waals surface area (Å²) in [5.74, 6) is -1.27.